The van der Waals surface area contributed by atoms with Gasteiger partial charge >= 0.3 is 0 Å². The average molecular weight is 412 g/mol. The highest BCUT2D eigenvalue weighted by atomic mass is 35.5. The molecule has 0 bridgehead atoms. The summed E-state index contributed by atoms with van der Waals surface area (Å²) in [5.41, 5.74) is 2.15. The van der Waals surface area contributed by atoms with Gasteiger partial charge in [-0.05, 0) is 37.9 Å². The van der Waals surface area contributed by atoms with Crippen molar-refractivity contribution in [3.8, 4) is 5.75 Å². The van der Waals surface area contributed by atoms with E-state index in [0.717, 1.165) is 11.4 Å². The van der Waals surface area contributed by atoms with Gasteiger partial charge in [-0.15, -0.1) is 0 Å². The van der Waals surface area contributed by atoms with E-state index in [0.29, 0.717) is 29.2 Å². The average Bonchev–Trinajstić information content (AvgIpc) is 2.91. The smallest absolute Gasteiger partial charge is 0.191 e. The molecule has 0 aliphatic heterocycles. The molecule has 0 spiro atoms. The molecular formula is C19H27Cl2N5O. The maximum atomic E-state index is 6.12. The topological polar surface area (TPSA) is 53.8 Å². The number of likely N-dealkylation sites (N-methyl/N-ethyl adjacent to an activating group) is 1. The number of aromatic nitrogens is 1. The molecule has 8 heteroatoms. The summed E-state index contributed by atoms with van der Waals surface area (Å²) in [6.07, 6.45) is 0. The second-order valence-corrected chi connectivity index (χ2v) is 7.16. The number of nitrogens with zero attached hydrogens (tertiary/aromatic N) is 3. The molecular weight excluding hydrogens is 385 g/mol. The first-order valence-corrected chi connectivity index (χ1v) is 9.37. The van der Waals surface area contributed by atoms with Crippen LogP contribution in [0.5, 0.6) is 5.75 Å². The largest absolute Gasteiger partial charge is 0.497 e. The predicted molar refractivity (Wildman–Crippen MR) is 113 cm³/mol. The van der Waals surface area contributed by atoms with Crippen molar-refractivity contribution in [1.82, 2.24) is 20.1 Å². The van der Waals surface area contributed by atoms with Crippen LogP contribution in [0.15, 0.2) is 35.3 Å². The fraction of sp³-hybridized carbons (Fsp3) is 0.421. The van der Waals surface area contributed by atoms with E-state index in [9.17, 15) is 0 Å². The number of aliphatic imine (C=N–C) groups is 1. The molecule has 0 amide bonds. The Balaban J connectivity index is 2.00. The van der Waals surface area contributed by atoms with Crippen LogP contribution in [-0.2, 0) is 13.6 Å². The van der Waals surface area contributed by atoms with Crippen LogP contribution in [0.4, 0.5) is 0 Å². The molecule has 0 saturated carbocycles. The Morgan fingerprint density at radius 3 is 2.56 bits per heavy atom. The van der Waals surface area contributed by atoms with Gasteiger partial charge in [-0.25, -0.2) is 0 Å². The SMILES string of the molecule is CN=C(NCc1cc(Cl)c(Cl)n1C)NCC(c1cccc(OC)c1)N(C)C. The number of hydrogen-bond acceptors (Lipinski definition) is 3. The first-order chi connectivity index (χ1) is 12.9. The number of benzene rings is 1. The minimum Gasteiger partial charge on any atom is -0.497 e. The Kier molecular flexibility index (Phi) is 7.83. The molecule has 1 unspecified atom stereocenters. The monoisotopic (exact) mass is 411 g/mol. The molecule has 0 fully saturated rings. The number of hydrogen-bond donors (Lipinski definition) is 2. The normalized spacial score (nSPS) is 13.0. The van der Waals surface area contributed by atoms with E-state index < -0.39 is 0 Å². The van der Waals surface area contributed by atoms with E-state index in [2.05, 4.69) is 46.8 Å². The fourth-order valence-electron chi connectivity index (χ4n) is 2.79. The van der Waals surface area contributed by atoms with Gasteiger partial charge in [0, 0.05) is 26.3 Å². The molecule has 0 aliphatic rings. The van der Waals surface area contributed by atoms with E-state index in [-0.39, 0.29) is 6.04 Å². The van der Waals surface area contributed by atoms with Crippen LogP contribution in [-0.4, -0.2) is 50.2 Å². The van der Waals surface area contributed by atoms with Crippen LogP contribution < -0.4 is 15.4 Å². The number of rotatable bonds is 7. The molecule has 0 radical (unpaired) electrons. The minimum absolute atomic E-state index is 0.164. The zero-order chi connectivity index (χ0) is 20.0. The summed E-state index contributed by atoms with van der Waals surface area (Å²) in [4.78, 5) is 6.46. The van der Waals surface area contributed by atoms with E-state index in [1.165, 1.54) is 5.56 Å². The first kappa shape index (κ1) is 21.4. The van der Waals surface area contributed by atoms with E-state index in [1.807, 2.05) is 29.8 Å². The van der Waals surface area contributed by atoms with E-state index in [1.54, 1.807) is 14.2 Å². The molecule has 2 aromatic rings. The molecule has 0 saturated heterocycles. The molecule has 1 heterocycles. The molecule has 1 atom stereocenters. The predicted octanol–water partition coefficient (Wildman–Crippen LogP) is 3.31. The number of nitrogens with one attached hydrogen (secondary N) is 2. The second kappa shape index (κ2) is 9.88. The van der Waals surface area contributed by atoms with Gasteiger partial charge in [0.2, 0.25) is 0 Å². The summed E-state index contributed by atoms with van der Waals surface area (Å²) in [5, 5.41) is 7.75. The highest BCUT2D eigenvalue weighted by Gasteiger charge is 2.16. The molecule has 2 N–H and O–H groups in total. The second-order valence-electron chi connectivity index (χ2n) is 6.40. The van der Waals surface area contributed by atoms with Crippen molar-refractivity contribution in [3.05, 3.63) is 51.8 Å². The molecule has 1 aromatic carbocycles. The van der Waals surface area contributed by atoms with E-state index in [4.69, 9.17) is 27.9 Å². The van der Waals surface area contributed by atoms with E-state index >= 15 is 0 Å². The van der Waals surface area contributed by atoms with Gasteiger partial charge in [0.15, 0.2) is 5.96 Å². The molecule has 0 aliphatic carbocycles. The maximum absolute atomic E-state index is 6.12. The van der Waals surface area contributed by atoms with Crippen LogP contribution >= 0.6 is 23.2 Å². The Morgan fingerprint density at radius 1 is 1.26 bits per heavy atom. The number of guanidine groups is 1. The summed E-state index contributed by atoms with van der Waals surface area (Å²) in [5.74, 6) is 1.55. The van der Waals surface area contributed by atoms with Crippen molar-refractivity contribution >= 4 is 29.2 Å². The van der Waals surface area contributed by atoms with Gasteiger partial charge < -0.3 is 24.8 Å². The highest BCUT2D eigenvalue weighted by Crippen LogP contribution is 2.25. The Labute approximate surface area is 171 Å². The van der Waals surface area contributed by atoms with Crippen LogP contribution in [0.2, 0.25) is 10.2 Å². The third-order valence-corrected chi connectivity index (χ3v) is 5.28. The van der Waals surface area contributed by atoms with Gasteiger partial charge in [0.05, 0.1) is 24.7 Å². The van der Waals surface area contributed by atoms with Crippen molar-refractivity contribution < 1.29 is 4.74 Å². The lowest BCUT2D eigenvalue weighted by atomic mass is 10.1. The zero-order valence-corrected chi connectivity index (χ0v) is 17.9. The molecule has 27 heavy (non-hydrogen) atoms. The standard InChI is InChI=1S/C19H27Cl2N5O/c1-22-19(23-11-14-10-16(20)18(21)26(14)4)24-12-17(25(2)3)13-7-6-8-15(9-13)27-5/h6-10,17H,11-12H2,1-5H3,(H2,22,23,24). The number of ether oxygens (including phenoxy) is 1. The van der Waals surface area contributed by atoms with Gasteiger partial charge in [0.1, 0.15) is 10.9 Å². The van der Waals surface area contributed by atoms with Crippen LogP contribution in [0.1, 0.15) is 17.3 Å². The van der Waals surface area contributed by atoms with Gasteiger partial charge in [-0.1, -0.05) is 35.3 Å². The lowest BCUT2D eigenvalue weighted by Crippen LogP contribution is -2.41. The maximum Gasteiger partial charge on any atom is 0.191 e. The van der Waals surface area contributed by atoms with Crippen molar-refractivity contribution in [2.45, 2.75) is 12.6 Å². The van der Waals surface area contributed by atoms with Crippen molar-refractivity contribution in [1.29, 1.82) is 0 Å². The fourth-order valence-corrected chi connectivity index (χ4v) is 3.21. The lowest BCUT2D eigenvalue weighted by molar-refractivity contribution is 0.297. The van der Waals surface area contributed by atoms with Crippen molar-refractivity contribution in [2.75, 3.05) is 34.8 Å². The third-order valence-electron chi connectivity index (χ3n) is 4.44. The van der Waals surface area contributed by atoms with Gasteiger partial charge in [-0.2, -0.15) is 0 Å². The Hall–Kier alpha value is -1.89. The molecule has 148 valence electrons. The molecule has 6 nitrogen and oxygen atoms in total. The number of halogens is 2. The molecule has 1 aromatic heterocycles. The Morgan fingerprint density at radius 2 is 2.00 bits per heavy atom. The number of methoxy groups -OCH3 is 1. The molecule has 2 rings (SSSR count). The lowest BCUT2D eigenvalue weighted by Gasteiger charge is -2.26. The van der Waals surface area contributed by atoms with Crippen molar-refractivity contribution in [2.24, 2.45) is 12.0 Å². The first-order valence-electron chi connectivity index (χ1n) is 8.61. The summed E-state index contributed by atoms with van der Waals surface area (Å²) in [6, 6.07) is 10.1. The minimum atomic E-state index is 0.164. The van der Waals surface area contributed by atoms with Gasteiger partial charge in [-0.3, -0.25) is 4.99 Å². The van der Waals surface area contributed by atoms with Crippen LogP contribution in [0.3, 0.4) is 0 Å². The Bertz CT molecular complexity index is 788. The summed E-state index contributed by atoms with van der Waals surface area (Å²) >= 11 is 12.2. The highest BCUT2D eigenvalue weighted by molar-refractivity contribution is 6.41. The summed E-state index contributed by atoms with van der Waals surface area (Å²) in [7, 11) is 9.41. The third kappa shape index (κ3) is 5.54. The van der Waals surface area contributed by atoms with Gasteiger partial charge in [0.25, 0.3) is 0 Å². The van der Waals surface area contributed by atoms with Crippen LogP contribution in [0.25, 0.3) is 0 Å². The summed E-state index contributed by atoms with van der Waals surface area (Å²) < 4.78 is 7.19. The summed E-state index contributed by atoms with van der Waals surface area (Å²) in [6.45, 7) is 1.25. The van der Waals surface area contributed by atoms with Crippen molar-refractivity contribution in [3.63, 3.8) is 0 Å². The quantitative estimate of drug-likeness (QED) is 0.541. The zero-order valence-electron chi connectivity index (χ0n) is 16.4. The van der Waals surface area contributed by atoms with Crippen LogP contribution in [0, 0.1) is 0 Å².